The first-order chi connectivity index (χ1) is 7.51. The van der Waals surface area contributed by atoms with Crippen LogP contribution in [0.4, 0.5) is 13.2 Å². The molecule has 0 heterocycles. The lowest BCUT2D eigenvalue weighted by Gasteiger charge is -2.07. The first kappa shape index (κ1) is 12.5. The number of ether oxygens (including phenoxy) is 1. The first-order valence-electron chi connectivity index (χ1n) is 4.65. The summed E-state index contributed by atoms with van der Waals surface area (Å²) in [6, 6.07) is 8.53. The summed E-state index contributed by atoms with van der Waals surface area (Å²) >= 11 is 0. The molecule has 0 aromatic heterocycles. The van der Waals surface area contributed by atoms with Crippen molar-refractivity contribution < 1.29 is 17.9 Å². The standard InChI is InChI=1S/C11H10F3NO/c12-11(13,14)4-5-16-8-10-3-1-2-9(6-10)7-15/h1-3,6H,4-5,8H2. The van der Waals surface area contributed by atoms with Crippen LogP contribution in [0.5, 0.6) is 0 Å². The molecule has 0 saturated heterocycles. The number of nitriles is 1. The predicted octanol–water partition coefficient (Wildman–Crippen LogP) is 3.03. The van der Waals surface area contributed by atoms with Crippen molar-refractivity contribution in [2.24, 2.45) is 0 Å². The van der Waals surface area contributed by atoms with Crippen molar-refractivity contribution in [3.63, 3.8) is 0 Å². The highest BCUT2D eigenvalue weighted by Gasteiger charge is 2.26. The van der Waals surface area contributed by atoms with Crippen molar-refractivity contribution in [1.29, 1.82) is 5.26 Å². The zero-order valence-electron chi connectivity index (χ0n) is 8.42. The Balaban J connectivity index is 2.35. The summed E-state index contributed by atoms with van der Waals surface area (Å²) < 4.78 is 40.2. The van der Waals surface area contributed by atoms with Gasteiger partial charge in [-0.05, 0) is 17.7 Å². The zero-order chi connectivity index (χ0) is 12.0. The second-order valence-corrected chi connectivity index (χ2v) is 3.23. The van der Waals surface area contributed by atoms with Crippen LogP contribution in [0.3, 0.4) is 0 Å². The third-order valence-electron chi connectivity index (χ3n) is 1.85. The number of rotatable bonds is 4. The Morgan fingerprint density at radius 3 is 2.69 bits per heavy atom. The van der Waals surface area contributed by atoms with Crippen molar-refractivity contribution >= 4 is 0 Å². The van der Waals surface area contributed by atoms with Crippen LogP contribution in [0, 0.1) is 11.3 Å². The summed E-state index contributed by atoms with van der Waals surface area (Å²) in [5, 5.41) is 8.60. The fraction of sp³-hybridized carbons (Fsp3) is 0.364. The summed E-state index contributed by atoms with van der Waals surface area (Å²) in [5.41, 5.74) is 1.16. The molecular formula is C11H10F3NO. The summed E-state index contributed by atoms with van der Waals surface area (Å²) in [6.07, 6.45) is -5.14. The lowest BCUT2D eigenvalue weighted by molar-refractivity contribution is -0.146. The monoisotopic (exact) mass is 229 g/mol. The molecule has 0 bridgehead atoms. The van der Waals surface area contributed by atoms with E-state index in [-0.39, 0.29) is 13.2 Å². The maximum Gasteiger partial charge on any atom is 0.391 e. The molecule has 86 valence electrons. The molecule has 5 heteroatoms. The lowest BCUT2D eigenvalue weighted by Crippen LogP contribution is -2.11. The molecule has 0 spiro atoms. The van der Waals surface area contributed by atoms with Gasteiger partial charge in [0.05, 0.1) is 31.3 Å². The van der Waals surface area contributed by atoms with E-state index in [0.717, 1.165) is 0 Å². The zero-order valence-corrected chi connectivity index (χ0v) is 8.42. The van der Waals surface area contributed by atoms with Crippen LogP contribution in [-0.2, 0) is 11.3 Å². The van der Waals surface area contributed by atoms with E-state index in [9.17, 15) is 13.2 Å². The van der Waals surface area contributed by atoms with E-state index in [2.05, 4.69) is 0 Å². The number of nitrogens with zero attached hydrogens (tertiary/aromatic N) is 1. The fourth-order valence-corrected chi connectivity index (χ4v) is 1.11. The maximum absolute atomic E-state index is 11.8. The van der Waals surface area contributed by atoms with E-state index in [4.69, 9.17) is 10.00 Å². The number of halogens is 3. The van der Waals surface area contributed by atoms with Crippen LogP contribution in [0.25, 0.3) is 0 Å². The number of hydrogen-bond donors (Lipinski definition) is 0. The summed E-state index contributed by atoms with van der Waals surface area (Å²) in [6.45, 7) is -0.272. The fourth-order valence-electron chi connectivity index (χ4n) is 1.11. The molecular weight excluding hydrogens is 219 g/mol. The average Bonchev–Trinajstić information content (AvgIpc) is 2.23. The van der Waals surface area contributed by atoms with E-state index in [1.54, 1.807) is 24.3 Å². The van der Waals surface area contributed by atoms with Gasteiger partial charge in [-0.25, -0.2) is 0 Å². The molecule has 0 unspecified atom stereocenters. The van der Waals surface area contributed by atoms with E-state index in [1.807, 2.05) is 6.07 Å². The Kier molecular flexibility index (Phi) is 4.32. The van der Waals surface area contributed by atoms with Gasteiger partial charge in [0.15, 0.2) is 0 Å². The van der Waals surface area contributed by atoms with Gasteiger partial charge in [0, 0.05) is 0 Å². The molecule has 0 aliphatic rings. The molecule has 0 saturated carbocycles. The van der Waals surface area contributed by atoms with Gasteiger partial charge in [0.25, 0.3) is 0 Å². The Morgan fingerprint density at radius 1 is 1.31 bits per heavy atom. The Bertz CT molecular complexity index is 382. The molecule has 1 rings (SSSR count). The van der Waals surface area contributed by atoms with Gasteiger partial charge >= 0.3 is 6.18 Å². The Labute approximate surface area is 91.3 Å². The molecule has 0 amide bonds. The third kappa shape index (κ3) is 4.80. The quantitative estimate of drug-likeness (QED) is 0.743. The van der Waals surface area contributed by atoms with Crippen molar-refractivity contribution in [2.45, 2.75) is 19.2 Å². The van der Waals surface area contributed by atoms with Crippen LogP contribution in [0.1, 0.15) is 17.5 Å². The average molecular weight is 229 g/mol. The lowest BCUT2D eigenvalue weighted by atomic mass is 10.1. The molecule has 1 aromatic rings. The van der Waals surface area contributed by atoms with Gasteiger partial charge in [0.1, 0.15) is 0 Å². The normalized spacial score (nSPS) is 11.1. The van der Waals surface area contributed by atoms with Crippen molar-refractivity contribution in [3.8, 4) is 6.07 Å². The van der Waals surface area contributed by atoms with E-state index >= 15 is 0 Å². The minimum absolute atomic E-state index is 0.0889. The second-order valence-electron chi connectivity index (χ2n) is 3.23. The summed E-state index contributed by atoms with van der Waals surface area (Å²) in [4.78, 5) is 0. The van der Waals surface area contributed by atoms with Gasteiger partial charge in [-0.3, -0.25) is 0 Å². The van der Waals surface area contributed by atoms with Gasteiger partial charge < -0.3 is 4.74 Å². The van der Waals surface area contributed by atoms with Crippen molar-refractivity contribution in [2.75, 3.05) is 6.61 Å². The Morgan fingerprint density at radius 2 is 2.06 bits per heavy atom. The third-order valence-corrected chi connectivity index (χ3v) is 1.85. The minimum atomic E-state index is -4.19. The highest BCUT2D eigenvalue weighted by Crippen LogP contribution is 2.19. The highest BCUT2D eigenvalue weighted by molar-refractivity contribution is 5.32. The summed E-state index contributed by atoms with van der Waals surface area (Å²) in [7, 11) is 0. The number of alkyl halides is 3. The molecule has 1 aromatic carbocycles. The molecule has 0 aliphatic heterocycles. The van der Waals surface area contributed by atoms with Crippen LogP contribution in [-0.4, -0.2) is 12.8 Å². The van der Waals surface area contributed by atoms with E-state index in [0.29, 0.717) is 11.1 Å². The van der Waals surface area contributed by atoms with Crippen LogP contribution in [0.15, 0.2) is 24.3 Å². The summed E-state index contributed by atoms with van der Waals surface area (Å²) in [5.74, 6) is 0. The van der Waals surface area contributed by atoms with Crippen LogP contribution in [0.2, 0.25) is 0 Å². The number of benzene rings is 1. The van der Waals surface area contributed by atoms with Gasteiger partial charge in [-0.2, -0.15) is 18.4 Å². The van der Waals surface area contributed by atoms with Gasteiger partial charge in [-0.15, -0.1) is 0 Å². The van der Waals surface area contributed by atoms with Gasteiger partial charge in [0.2, 0.25) is 0 Å². The molecule has 2 nitrogen and oxygen atoms in total. The largest absolute Gasteiger partial charge is 0.391 e. The van der Waals surface area contributed by atoms with E-state index in [1.165, 1.54) is 0 Å². The van der Waals surface area contributed by atoms with Crippen molar-refractivity contribution in [1.82, 2.24) is 0 Å². The molecule has 0 aliphatic carbocycles. The molecule has 0 atom stereocenters. The topological polar surface area (TPSA) is 33.0 Å². The predicted molar refractivity (Wildman–Crippen MR) is 51.5 cm³/mol. The van der Waals surface area contributed by atoms with E-state index < -0.39 is 12.6 Å². The SMILES string of the molecule is N#Cc1cccc(COCCC(F)(F)F)c1. The molecule has 0 N–H and O–H groups in total. The first-order valence-corrected chi connectivity index (χ1v) is 4.65. The molecule has 0 radical (unpaired) electrons. The highest BCUT2D eigenvalue weighted by atomic mass is 19.4. The van der Waals surface area contributed by atoms with Crippen LogP contribution >= 0.6 is 0 Å². The smallest absolute Gasteiger partial charge is 0.376 e. The van der Waals surface area contributed by atoms with Crippen molar-refractivity contribution in [3.05, 3.63) is 35.4 Å². The molecule has 0 fully saturated rings. The van der Waals surface area contributed by atoms with Gasteiger partial charge in [-0.1, -0.05) is 12.1 Å². The maximum atomic E-state index is 11.8. The number of hydrogen-bond acceptors (Lipinski definition) is 2. The minimum Gasteiger partial charge on any atom is -0.376 e. The Hall–Kier alpha value is -1.54. The second kappa shape index (κ2) is 5.52. The molecule has 16 heavy (non-hydrogen) atoms. The van der Waals surface area contributed by atoms with Crippen LogP contribution < -0.4 is 0 Å².